The van der Waals surface area contributed by atoms with Crippen molar-refractivity contribution in [2.75, 3.05) is 5.32 Å². The molecular weight excluding hydrogens is 370 g/mol. The Morgan fingerprint density at radius 3 is 2.54 bits per heavy atom. The molecule has 2 amide bonds. The number of benzene rings is 2. The monoisotopic (exact) mass is 389 g/mol. The molecule has 0 aliphatic carbocycles. The number of carbonyl (C=O) groups is 2. The predicted molar refractivity (Wildman–Crippen MR) is 112 cm³/mol. The quantitative estimate of drug-likeness (QED) is 0.468. The maximum Gasteiger partial charge on any atom is 0.255 e. The highest BCUT2D eigenvalue weighted by molar-refractivity contribution is 8.02. The van der Waals surface area contributed by atoms with Gasteiger partial charge in [-0.05, 0) is 47.4 Å². The molecule has 0 aliphatic rings. The summed E-state index contributed by atoms with van der Waals surface area (Å²) in [6.45, 7) is 0.373. The van der Waals surface area contributed by atoms with Crippen LogP contribution in [0.3, 0.4) is 0 Å². The molecule has 0 bridgehead atoms. The first-order chi connectivity index (χ1) is 13.7. The van der Waals surface area contributed by atoms with Crippen LogP contribution in [0.15, 0.2) is 95.5 Å². The number of anilines is 1. The van der Waals surface area contributed by atoms with Gasteiger partial charge in [-0.2, -0.15) is 0 Å². The summed E-state index contributed by atoms with van der Waals surface area (Å²) in [5, 5.41) is 7.44. The van der Waals surface area contributed by atoms with E-state index in [0.717, 1.165) is 10.5 Å². The number of hydrogen-bond donors (Lipinski definition) is 2. The molecule has 1 aromatic heterocycles. The lowest BCUT2D eigenvalue weighted by atomic mass is 10.2. The molecule has 2 N–H and O–H groups in total. The van der Waals surface area contributed by atoms with Gasteiger partial charge in [-0.1, -0.05) is 42.1 Å². The summed E-state index contributed by atoms with van der Waals surface area (Å²) in [6.07, 6.45) is 4.65. The highest BCUT2D eigenvalue weighted by atomic mass is 32.2. The first kappa shape index (κ1) is 19.4. The lowest BCUT2D eigenvalue weighted by molar-refractivity contribution is -0.116. The van der Waals surface area contributed by atoms with E-state index in [2.05, 4.69) is 15.6 Å². The summed E-state index contributed by atoms with van der Waals surface area (Å²) < 4.78 is 0. The minimum absolute atomic E-state index is 0.172. The molecule has 0 fully saturated rings. The summed E-state index contributed by atoms with van der Waals surface area (Å²) in [6, 6.07) is 20.5. The Hall–Kier alpha value is -3.38. The van der Waals surface area contributed by atoms with Crippen LogP contribution < -0.4 is 10.6 Å². The Kier molecular flexibility index (Phi) is 6.98. The third-order valence-corrected chi connectivity index (χ3v) is 4.58. The molecule has 0 aliphatic heterocycles. The Bertz CT molecular complexity index is 960. The van der Waals surface area contributed by atoms with Gasteiger partial charge in [-0.25, -0.2) is 0 Å². The summed E-state index contributed by atoms with van der Waals surface area (Å²) >= 11 is 1.48. The number of thioether (sulfide) groups is 1. The van der Waals surface area contributed by atoms with Crippen LogP contribution in [0.1, 0.15) is 15.9 Å². The second-order valence-corrected chi connectivity index (χ2v) is 6.82. The number of rotatable bonds is 7. The van der Waals surface area contributed by atoms with Gasteiger partial charge in [0.25, 0.3) is 5.91 Å². The lowest BCUT2D eigenvalue weighted by Crippen LogP contribution is -2.20. The third-order valence-electron chi connectivity index (χ3n) is 3.76. The van der Waals surface area contributed by atoms with E-state index >= 15 is 0 Å². The van der Waals surface area contributed by atoms with Crippen molar-refractivity contribution < 1.29 is 9.59 Å². The smallest absolute Gasteiger partial charge is 0.255 e. The van der Waals surface area contributed by atoms with E-state index < -0.39 is 0 Å². The zero-order valence-corrected chi connectivity index (χ0v) is 15.9. The zero-order chi connectivity index (χ0) is 19.6. The summed E-state index contributed by atoms with van der Waals surface area (Å²) in [5.41, 5.74) is 2.10. The molecule has 3 aromatic rings. The summed E-state index contributed by atoms with van der Waals surface area (Å²) in [7, 11) is 0. The van der Waals surface area contributed by atoms with E-state index in [9.17, 15) is 9.59 Å². The molecular formula is C22H19N3O2S. The highest BCUT2D eigenvalue weighted by Crippen LogP contribution is 2.17. The topological polar surface area (TPSA) is 71.1 Å². The van der Waals surface area contributed by atoms with Gasteiger partial charge in [0.15, 0.2) is 0 Å². The van der Waals surface area contributed by atoms with Crippen LogP contribution in [-0.2, 0) is 11.3 Å². The number of nitrogens with zero attached hydrogens (tertiary/aromatic N) is 1. The van der Waals surface area contributed by atoms with Gasteiger partial charge >= 0.3 is 0 Å². The van der Waals surface area contributed by atoms with Crippen molar-refractivity contribution in [3.63, 3.8) is 0 Å². The molecule has 140 valence electrons. The summed E-state index contributed by atoms with van der Waals surface area (Å²) in [5.74, 6) is -0.376. The van der Waals surface area contributed by atoms with Crippen molar-refractivity contribution in [2.45, 2.75) is 11.4 Å². The van der Waals surface area contributed by atoms with Gasteiger partial charge in [0.1, 0.15) is 0 Å². The summed E-state index contributed by atoms with van der Waals surface area (Å²) in [4.78, 5) is 29.1. The van der Waals surface area contributed by atoms with Gasteiger partial charge in [-0.15, -0.1) is 0 Å². The average Bonchev–Trinajstić information content (AvgIpc) is 2.74. The van der Waals surface area contributed by atoms with Gasteiger partial charge in [0.2, 0.25) is 5.91 Å². The average molecular weight is 389 g/mol. The highest BCUT2D eigenvalue weighted by Gasteiger charge is 2.06. The maximum atomic E-state index is 12.2. The number of aromatic nitrogens is 1. The molecule has 0 atom stereocenters. The normalized spacial score (nSPS) is 10.6. The molecule has 6 heteroatoms. The molecule has 0 saturated carbocycles. The minimum Gasteiger partial charge on any atom is -0.348 e. The van der Waals surface area contributed by atoms with Crippen LogP contribution in [0.5, 0.6) is 0 Å². The molecule has 0 spiro atoms. The predicted octanol–water partition coefficient (Wildman–Crippen LogP) is 4.26. The molecule has 5 nitrogen and oxygen atoms in total. The SMILES string of the molecule is O=C(/C=C/Sc1ccccc1)NCc1cccc(NC(=O)c2ccncc2)c1. The van der Waals surface area contributed by atoms with Crippen LogP contribution in [0.2, 0.25) is 0 Å². The van der Waals surface area contributed by atoms with E-state index in [-0.39, 0.29) is 11.8 Å². The molecule has 28 heavy (non-hydrogen) atoms. The number of amides is 2. The fourth-order valence-corrected chi connectivity index (χ4v) is 3.05. The number of hydrogen-bond acceptors (Lipinski definition) is 4. The standard InChI is InChI=1S/C22H19N3O2S/c26-21(11-14-28-20-7-2-1-3-8-20)24-16-17-5-4-6-19(15-17)25-22(27)18-9-12-23-13-10-18/h1-15H,16H2,(H,24,26)(H,25,27)/b14-11+. The number of nitrogens with one attached hydrogen (secondary N) is 2. The van der Waals surface area contributed by atoms with Crippen molar-refractivity contribution in [3.05, 3.63) is 102 Å². The van der Waals surface area contributed by atoms with Crippen LogP contribution in [-0.4, -0.2) is 16.8 Å². The third kappa shape index (κ3) is 6.10. The molecule has 0 radical (unpaired) electrons. The second kappa shape index (κ2) is 10.1. The number of carbonyl (C=O) groups excluding carboxylic acids is 2. The van der Waals surface area contributed by atoms with Crippen LogP contribution in [0.4, 0.5) is 5.69 Å². The zero-order valence-electron chi connectivity index (χ0n) is 15.0. The Morgan fingerprint density at radius 2 is 1.75 bits per heavy atom. The fraction of sp³-hybridized carbons (Fsp3) is 0.0455. The van der Waals surface area contributed by atoms with Crippen molar-refractivity contribution in [3.8, 4) is 0 Å². The molecule has 0 saturated heterocycles. The lowest BCUT2D eigenvalue weighted by Gasteiger charge is -2.08. The van der Waals surface area contributed by atoms with Crippen molar-refractivity contribution in [1.82, 2.24) is 10.3 Å². The first-order valence-electron chi connectivity index (χ1n) is 8.67. The molecule has 2 aromatic carbocycles. The van der Waals surface area contributed by atoms with Gasteiger partial charge in [0.05, 0.1) is 0 Å². The minimum atomic E-state index is -0.204. The van der Waals surface area contributed by atoms with E-state index in [0.29, 0.717) is 17.8 Å². The maximum absolute atomic E-state index is 12.2. The largest absolute Gasteiger partial charge is 0.348 e. The van der Waals surface area contributed by atoms with Crippen molar-refractivity contribution in [1.29, 1.82) is 0 Å². The molecule has 3 rings (SSSR count). The first-order valence-corrected chi connectivity index (χ1v) is 9.55. The van der Waals surface area contributed by atoms with E-state index in [1.807, 2.05) is 48.5 Å². The Balaban J connectivity index is 1.50. The number of pyridine rings is 1. The fourth-order valence-electron chi connectivity index (χ4n) is 2.39. The second-order valence-electron chi connectivity index (χ2n) is 5.84. The van der Waals surface area contributed by atoms with Crippen molar-refractivity contribution >= 4 is 29.3 Å². The van der Waals surface area contributed by atoms with E-state index in [1.165, 1.54) is 17.8 Å². The molecule has 1 heterocycles. The van der Waals surface area contributed by atoms with Crippen LogP contribution >= 0.6 is 11.8 Å². The van der Waals surface area contributed by atoms with Gasteiger partial charge in [-0.3, -0.25) is 14.6 Å². The Labute approximate surface area is 167 Å². The van der Waals surface area contributed by atoms with Crippen LogP contribution in [0.25, 0.3) is 0 Å². The van der Waals surface area contributed by atoms with Crippen LogP contribution in [0, 0.1) is 0 Å². The Morgan fingerprint density at radius 1 is 0.964 bits per heavy atom. The molecule has 0 unspecified atom stereocenters. The van der Waals surface area contributed by atoms with E-state index in [1.54, 1.807) is 36.0 Å². The van der Waals surface area contributed by atoms with Gasteiger partial charge in [0, 0.05) is 41.2 Å². The van der Waals surface area contributed by atoms with E-state index in [4.69, 9.17) is 0 Å². The van der Waals surface area contributed by atoms with Gasteiger partial charge < -0.3 is 10.6 Å². The van der Waals surface area contributed by atoms with Crippen molar-refractivity contribution in [2.24, 2.45) is 0 Å².